The second-order valence-corrected chi connectivity index (χ2v) is 18.9. The summed E-state index contributed by atoms with van der Waals surface area (Å²) in [6.07, 6.45) is 5.30. The Hall–Kier alpha value is -6.18. The van der Waals surface area contributed by atoms with Gasteiger partial charge in [-0.3, -0.25) is 0 Å². The maximum Gasteiger partial charge on any atom is 0.0635 e. The Morgan fingerprint density at radius 3 is 1.62 bits per heavy atom. The molecule has 0 saturated carbocycles. The third-order valence-electron chi connectivity index (χ3n) is 14.9. The van der Waals surface area contributed by atoms with Crippen LogP contribution in [-0.2, 0) is 16.2 Å². The predicted molar refractivity (Wildman–Crippen MR) is 246 cm³/mol. The Labute approximate surface area is 342 Å². The van der Waals surface area contributed by atoms with Crippen molar-refractivity contribution >= 4 is 49.3 Å². The lowest BCUT2D eigenvalue weighted by molar-refractivity contribution is 0.298. The Morgan fingerprint density at radius 2 is 0.948 bits per heavy atom. The number of para-hydroxylation sites is 2. The zero-order valence-corrected chi connectivity index (χ0v) is 34.2. The predicted octanol–water partition coefficient (Wildman–Crippen LogP) is 14.8. The van der Waals surface area contributed by atoms with Crippen molar-refractivity contribution in [2.75, 3.05) is 4.90 Å². The minimum absolute atomic E-state index is 0.0857. The van der Waals surface area contributed by atoms with Crippen molar-refractivity contribution in [3.8, 4) is 22.3 Å². The molecule has 0 amide bonds. The van der Waals surface area contributed by atoms with Gasteiger partial charge in [0.05, 0.1) is 6.04 Å². The molecule has 0 N–H and O–H groups in total. The third kappa shape index (κ3) is 4.32. The second kappa shape index (κ2) is 11.5. The van der Waals surface area contributed by atoms with Crippen LogP contribution >= 0.6 is 0 Å². The van der Waals surface area contributed by atoms with Crippen molar-refractivity contribution in [1.82, 2.24) is 0 Å². The molecular weight excluding hydrogens is 699 g/mol. The van der Waals surface area contributed by atoms with Gasteiger partial charge in [-0.15, -0.1) is 0 Å². The number of rotatable bonds is 3. The lowest BCUT2D eigenvalue weighted by atomic mass is 9.54. The van der Waals surface area contributed by atoms with Crippen LogP contribution in [0.4, 0.5) is 11.4 Å². The fraction of sp³-hybridized carbons (Fsp3) is 0.193. The molecule has 3 heterocycles. The number of fused-ring (bicyclic) bond motifs is 3. The molecule has 12 rings (SSSR count). The van der Waals surface area contributed by atoms with E-state index in [1.807, 2.05) is 0 Å². The molecule has 8 aromatic rings. The van der Waals surface area contributed by atoms with E-state index in [1.54, 1.807) is 0 Å². The van der Waals surface area contributed by atoms with E-state index in [1.165, 1.54) is 105 Å². The largest absolute Gasteiger partial charge is 0.332 e. The molecule has 1 aliphatic carbocycles. The van der Waals surface area contributed by atoms with Crippen LogP contribution in [0, 0.1) is 5.92 Å². The first-order chi connectivity index (χ1) is 28.0. The van der Waals surface area contributed by atoms with Crippen LogP contribution in [0.15, 0.2) is 169 Å². The number of hydrogen-bond acceptors (Lipinski definition) is 1. The van der Waals surface area contributed by atoms with E-state index in [2.05, 4.69) is 210 Å². The monoisotopic (exact) mass is 745 g/mol. The van der Waals surface area contributed by atoms with E-state index in [-0.39, 0.29) is 28.2 Å². The van der Waals surface area contributed by atoms with Crippen molar-refractivity contribution in [1.29, 1.82) is 0 Å². The molecule has 0 aromatic heterocycles. The fourth-order valence-corrected chi connectivity index (χ4v) is 11.9. The first-order valence-electron chi connectivity index (χ1n) is 21.1. The van der Waals surface area contributed by atoms with Gasteiger partial charge in [0.2, 0.25) is 0 Å². The molecule has 58 heavy (non-hydrogen) atoms. The Kier molecular flexibility index (Phi) is 6.71. The second-order valence-electron chi connectivity index (χ2n) is 18.9. The fourth-order valence-electron chi connectivity index (χ4n) is 11.9. The molecule has 0 spiro atoms. The zero-order valence-electron chi connectivity index (χ0n) is 34.2. The van der Waals surface area contributed by atoms with Gasteiger partial charge in [0.15, 0.2) is 0 Å². The Bertz CT molecular complexity index is 3110. The van der Waals surface area contributed by atoms with Crippen molar-refractivity contribution < 1.29 is 0 Å². The molecule has 3 aliphatic heterocycles. The maximum absolute atomic E-state index is 2.79. The van der Waals surface area contributed by atoms with Gasteiger partial charge in [0.1, 0.15) is 0 Å². The van der Waals surface area contributed by atoms with Crippen LogP contribution in [0.3, 0.4) is 0 Å². The molecule has 2 unspecified atom stereocenters. The molecule has 1 heteroatoms. The average molecular weight is 746 g/mol. The molecule has 4 aliphatic rings. The van der Waals surface area contributed by atoms with E-state index < -0.39 is 0 Å². The van der Waals surface area contributed by atoms with E-state index >= 15 is 0 Å². The molecule has 0 saturated heterocycles. The van der Waals surface area contributed by atoms with Crippen LogP contribution < -0.4 is 4.90 Å². The van der Waals surface area contributed by atoms with Gasteiger partial charge < -0.3 is 4.90 Å². The first-order valence-corrected chi connectivity index (χ1v) is 21.1. The standard InChI is InChI=1S/C57H47N/c1-55(2)44-24-14-26-46-52(44)58-53-45(55)25-15-27-47(53)57(5,6)49-33-39(32-48(54(49)58)56(46,3)4)51-42-22-11-9-20-40(42)50(41-21-10-12-23-43(41)51)38-19-13-18-36(31-38)37-29-28-34-16-7-8-17-35(34)30-37/h7-33,48,54H,1-6H3. The summed E-state index contributed by atoms with van der Waals surface area (Å²) < 4.78 is 0. The van der Waals surface area contributed by atoms with Gasteiger partial charge in [-0.05, 0) is 106 Å². The van der Waals surface area contributed by atoms with E-state index in [0.717, 1.165) is 0 Å². The molecule has 280 valence electrons. The number of benzene rings is 8. The lowest BCUT2D eigenvalue weighted by Gasteiger charge is -2.62. The van der Waals surface area contributed by atoms with Crippen molar-refractivity contribution in [2.24, 2.45) is 5.92 Å². The van der Waals surface area contributed by atoms with Gasteiger partial charge >= 0.3 is 0 Å². The molecule has 2 atom stereocenters. The van der Waals surface area contributed by atoms with E-state index in [0.29, 0.717) is 0 Å². The maximum atomic E-state index is 2.79. The summed E-state index contributed by atoms with van der Waals surface area (Å²) in [5.41, 5.74) is 17.6. The summed E-state index contributed by atoms with van der Waals surface area (Å²) in [4.78, 5) is 2.79. The minimum Gasteiger partial charge on any atom is -0.332 e. The normalized spacial score (nSPS) is 20.1. The molecule has 0 fully saturated rings. The topological polar surface area (TPSA) is 3.24 Å². The van der Waals surface area contributed by atoms with Crippen LogP contribution in [0.2, 0.25) is 0 Å². The Balaban J connectivity index is 1.11. The molecule has 1 nitrogen and oxygen atoms in total. The summed E-state index contributed by atoms with van der Waals surface area (Å²) in [7, 11) is 0. The average Bonchev–Trinajstić information content (AvgIpc) is 3.24. The smallest absolute Gasteiger partial charge is 0.0635 e. The van der Waals surface area contributed by atoms with Gasteiger partial charge in [-0.2, -0.15) is 0 Å². The molecule has 0 bridgehead atoms. The zero-order chi connectivity index (χ0) is 39.3. The number of anilines is 2. The number of allylic oxidation sites excluding steroid dienone is 2. The summed E-state index contributed by atoms with van der Waals surface area (Å²) >= 11 is 0. The van der Waals surface area contributed by atoms with Crippen molar-refractivity contribution in [3.63, 3.8) is 0 Å². The summed E-state index contributed by atoms with van der Waals surface area (Å²) in [6.45, 7) is 14.9. The van der Waals surface area contributed by atoms with Crippen LogP contribution in [0.1, 0.15) is 69.4 Å². The minimum atomic E-state index is -0.158. The van der Waals surface area contributed by atoms with Crippen LogP contribution in [0.5, 0.6) is 0 Å². The quantitative estimate of drug-likeness (QED) is 0.163. The van der Waals surface area contributed by atoms with E-state index in [4.69, 9.17) is 0 Å². The van der Waals surface area contributed by atoms with Crippen molar-refractivity contribution in [2.45, 2.75) is 63.8 Å². The molecule has 0 radical (unpaired) electrons. The lowest BCUT2D eigenvalue weighted by Crippen LogP contribution is -2.59. The van der Waals surface area contributed by atoms with Crippen LogP contribution in [0.25, 0.3) is 60.1 Å². The molecular formula is C57H47N. The van der Waals surface area contributed by atoms with Crippen molar-refractivity contribution in [3.05, 3.63) is 197 Å². The summed E-state index contributed by atoms with van der Waals surface area (Å²) in [5.74, 6) is 0.266. The van der Waals surface area contributed by atoms with Gasteiger partial charge in [0.25, 0.3) is 0 Å². The van der Waals surface area contributed by atoms with Gasteiger partial charge in [0, 0.05) is 33.5 Å². The van der Waals surface area contributed by atoms with Crippen LogP contribution in [-0.4, -0.2) is 6.04 Å². The summed E-state index contributed by atoms with van der Waals surface area (Å²) in [6, 6.07) is 57.5. The summed E-state index contributed by atoms with van der Waals surface area (Å²) in [5, 5.41) is 7.73. The highest BCUT2D eigenvalue weighted by molar-refractivity contribution is 6.20. The van der Waals surface area contributed by atoms with Gasteiger partial charge in [-0.1, -0.05) is 193 Å². The van der Waals surface area contributed by atoms with E-state index in [9.17, 15) is 0 Å². The highest BCUT2D eigenvalue weighted by Crippen LogP contribution is 2.66. The SMILES string of the molecule is CC1(C)C2=CC(c3c4ccccc4c(-c4cccc(-c5ccc6ccccc6c5)c4)c4ccccc34)=CC3C2N2c4c1cccc4C(C)(C)c1cccc(c12)C3(C)C. The molecule has 8 aromatic carbocycles. The Morgan fingerprint density at radius 1 is 0.431 bits per heavy atom. The highest BCUT2D eigenvalue weighted by atomic mass is 15.2. The highest BCUT2D eigenvalue weighted by Gasteiger charge is 2.58. The first kappa shape index (κ1) is 33.9. The van der Waals surface area contributed by atoms with Gasteiger partial charge in [-0.25, -0.2) is 0 Å². The number of hydrogen-bond donors (Lipinski definition) is 0. The number of nitrogens with zero attached hydrogens (tertiary/aromatic N) is 1. The third-order valence-corrected chi connectivity index (χ3v) is 14.9.